The van der Waals surface area contributed by atoms with Crippen LogP contribution < -0.4 is 5.32 Å². The summed E-state index contributed by atoms with van der Waals surface area (Å²) in [6.45, 7) is 7.43. The summed E-state index contributed by atoms with van der Waals surface area (Å²) in [5, 5.41) is 3.65. The fourth-order valence-electron chi connectivity index (χ4n) is 2.50. The molecule has 0 spiro atoms. The first-order chi connectivity index (χ1) is 8.16. The molecular formula is C14H23NOS. The molecule has 0 bridgehead atoms. The summed E-state index contributed by atoms with van der Waals surface area (Å²) in [6, 6.07) is 2.56. The molecule has 0 amide bonds. The number of thioether (sulfide) groups is 1. The Hall–Kier alpha value is -0.410. The van der Waals surface area contributed by atoms with Crippen LogP contribution in [0.1, 0.15) is 42.9 Å². The zero-order chi connectivity index (χ0) is 12.3. The molecule has 1 saturated heterocycles. The zero-order valence-electron chi connectivity index (χ0n) is 11.1. The molecule has 2 nitrogen and oxygen atoms in total. The van der Waals surface area contributed by atoms with Crippen molar-refractivity contribution in [2.45, 2.75) is 39.7 Å². The number of nitrogens with one attached hydrogen (secondary N) is 1. The number of hydrogen-bond acceptors (Lipinski definition) is 3. The third-order valence-electron chi connectivity index (χ3n) is 3.51. The molecule has 0 aromatic carbocycles. The molecule has 17 heavy (non-hydrogen) atoms. The van der Waals surface area contributed by atoms with Crippen LogP contribution in [0.15, 0.2) is 10.5 Å². The molecule has 1 aromatic rings. The van der Waals surface area contributed by atoms with E-state index in [4.69, 9.17) is 4.42 Å². The standard InChI is InChI=1S/C14H23NOS/c1-10-7-14(12(3)16-10)11(2)15-8-13-5-4-6-17-9-13/h7,11,13,15H,4-6,8-9H2,1-3H3. The normalized spacial score (nSPS) is 22.6. The van der Waals surface area contributed by atoms with Crippen LogP contribution in [0.25, 0.3) is 0 Å². The van der Waals surface area contributed by atoms with E-state index in [9.17, 15) is 0 Å². The minimum absolute atomic E-state index is 0.402. The molecule has 1 aliphatic rings. The van der Waals surface area contributed by atoms with Gasteiger partial charge in [0.1, 0.15) is 11.5 Å². The minimum atomic E-state index is 0.402. The van der Waals surface area contributed by atoms with Crippen molar-refractivity contribution in [3.63, 3.8) is 0 Å². The topological polar surface area (TPSA) is 25.2 Å². The van der Waals surface area contributed by atoms with Gasteiger partial charge < -0.3 is 9.73 Å². The number of hydrogen-bond donors (Lipinski definition) is 1. The SMILES string of the molecule is Cc1cc(C(C)NCC2CCCSC2)c(C)o1. The van der Waals surface area contributed by atoms with Crippen molar-refractivity contribution in [2.24, 2.45) is 5.92 Å². The van der Waals surface area contributed by atoms with Crippen LogP contribution in [0.4, 0.5) is 0 Å². The van der Waals surface area contributed by atoms with E-state index in [-0.39, 0.29) is 0 Å². The maximum Gasteiger partial charge on any atom is 0.105 e. The van der Waals surface area contributed by atoms with E-state index in [2.05, 4.69) is 37.0 Å². The van der Waals surface area contributed by atoms with E-state index in [1.54, 1.807) is 0 Å². The summed E-state index contributed by atoms with van der Waals surface area (Å²) in [7, 11) is 0. The van der Waals surface area contributed by atoms with Gasteiger partial charge in [0.25, 0.3) is 0 Å². The average Bonchev–Trinajstić information content (AvgIpc) is 2.67. The minimum Gasteiger partial charge on any atom is -0.466 e. The van der Waals surface area contributed by atoms with Gasteiger partial charge >= 0.3 is 0 Å². The van der Waals surface area contributed by atoms with Crippen LogP contribution in [0.2, 0.25) is 0 Å². The maximum absolute atomic E-state index is 5.58. The first-order valence-electron chi connectivity index (χ1n) is 6.55. The molecule has 2 unspecified atom stereocenters. The lowest BCUT2D eigenvalue weighted by Crippen LogP contribution is -2.28. The highest BCUT2D eigenvalue weighted by Crippen LogP contribution is 2.24. The number of rotatable bonds is 4. The van der Waals surface area contributed by atoms with E-state index in [1.807, 2.05) is 6.92 Å². The first kappa shape index (κ1) is 13.0. The van der Waals surface area contributed by atoms with Gasteiger partial charge in [-0.25, -0.2) is 0 Å². The van der Waals surface area contributed by atoms with Crippen molar-refractivity contribution in [3.8, 4) is 0 Å². The highest BCUT2D eigenvalue weighted by atomic mass is 32.2. The summed E-state index contributed by atoms with van der Waals surface area (Å²) >= 11 is 2.10. The highest BCUT2D eigenvalue weighted by molar-refractivity contribution is 7.99. The van der Waals surface area contributed by atoms with Gasteiger partial charge in [0, 0.05) is 11.6 Å². The summed E-state index contributed by atoms with van der Waals surface area (Å²) in [5.74, 6) is 5.60. The number of aryl methyl sites for hydroxylation is 2. The molecule has 1 aliphatic heterocycles. The third kappa shape index (κ3) is 3.52. The fraction of sp³-hybridized carbons (Fsp3) is 0.714. The van der Waals surface area contributed by atoms with Crippen LogP contribution in [-0.2, 0) is 0 Å². The monoisotopic (exact) mass is 253 g/mol. The zero-order valence-corrected chi connectivity index (χ0v) is 11.9. The smallest absolute Gasteiger partial charge is 0.105 e. The molecule has 96 valence electrons. The third-order valence-corrected chi connectivity index (χ3v) is 4.80. The summed E-state index contributed by atoms with van der Waals surface area (Å²) in [4.78, 5) is 0. The van der Waals surface area contributed by atoms with Gasteiger partial charge in [-0.15, -0.1) is 0 Å². The van der Waals surface area contributed by atoms with E-state index >= 15 is 0 Å². The second-order valence-corrected chi connectivity index (χ2v) is 6.23. The predicted octanol–water partition coefficient (Wildman–Crippen LogP) is 3.69. The number of furan rings is 1. The highest BCUT2D eigenvalue weighted by Gasteiger charge is 2.17. The lowest BCUT2D eigenvalue weighted by atomic mass is 10.0. The molecule has 1 fully saturated rings. The van der Waals surface area contributed by atoms with E-state index in [0.717, 1.165) is 24.0 Å². The van der Waals surface area contributed by atoms with Crippen LogP contribution >= 0.6 is 11.8 Å². The van der Waals surface area contributed by atoms with E-state index in [1.165, 1.54) is 29.9 Å². The van der Waals surface area contributed by atoms with Crippen LogP contribution in [-0.4, -0.2) is 18.1 Å². The van der Waals surface area contributed by atoms with Crippen molar-refractivity contribution in [1.82, 2.24) is 5.32 Å². The Morgan fingerprint density at radius 2 is 2.35 bits per heavy atom. The van der Waals surface area contributed by atoms with Crippen molar-refractivity contribution in [2.75, 3.05) is 18.1 Å². The van der Waals surface area contributed by atoms with Crippen molar-refractivity contribution < 1.29 is 4.42 Å². The Kier molecular flexibility index (Phi) is 4.57. The first-order valence-corrected chi connectivity index (χ1v) is 7.70. The van der Waals surface area contributed by atoms with E-state index in [0.29, 0.717) is 6.04 Å². The molecule has 0 saturated carbocycles. The second kappa shape index (κ2) is 5.96. The Bertz CT molecular complexity index is 355. The molecular weight excluding hydrogens is 230 g/mol. The summed E-state index contributed by atoms with van der Waals surface area (Å²) in [6.07, 6.45) is 2.77. The van der Waals surface area contributed by atoms with Gasteiger partial charge in [0.15, 0.2) is 0 Å². The van der Waals surface area contributed by atoms with Crippen LogP contribution in [0.3, 0.4) is 0 Å². The molecule has 2 atom stereocenters. The quantitative estimate of drug-likeness (QED) is 0.886. The van der Waals surface area contributed by atoms with Gasteiger partial charge in [-0.05, 0) is 63.6 Å². The lowest BCUT2D eigenvalue weighted by Gasteiger charge is -2.23. The molecule has 3 heteroatoms. The van der Waals surface area contributed by atoms with Gasteiger partial charge in [0.2, 0.25) is 0 Å². The molecule has 2 heterocycles. The molecule has 2 rings (SSSR count). The van der Waals surface area contributed by atoms with E-state index < -0.39 is 0 Å². The van der Waals surface area contributed by atoms with Crippen molar-refractivity contribution >= 4 is 11.8 Å². The van der Waals surface area contributed by atoms with Crippen molar-refractivity contribution in [3.05, 3.63) is 23.2 Å². The van der Waals surface area contributed by atoms with Gasteiger partial charge in [0.05, 0.1) is 0 Å². The lowest BCUT2D eigenvalue weighted by molar-refractivity contribution is 0.437. The predicted molar refractivity (Wildman–Crippen MR) is 74.6 cm³/mol. The van der Waals surface area contributed by atoms with Gasteiger partial charge in [-0.1, -0.05) is 0 Å². The van der Waals surface area contributed by atoms with Gasteiger partial charge in [-0.2, -0.15) is 11.8 Å². The van der Waals surface area contributed by atoms with Crippen LogP contribution in [0, 0.1) is 19.8 Å². The Morgan fingerprint density at radius 3 is 2.94 bits per heavy atom. The summed E-state index contributed by atoms with van der Waals surface area (Å²) in [5.41, 5.74) is 1.31. The maximum atomic E-state index is 5.58. The van der Waals surface area contributed by atoms with Crippen LogP contribution in [0.5, 0.6) is 0 Å². The Labute approximate surface area is 109 Å². The Morgan fingerprint density at radius 1 is 1.53 bits per heavy atom. The van der Waals surface area contributed by atoms with Gasteiger partial charge in [-0.3, -0.25) is 0 Å². The van der Waals surface area contributed by atoms with Crippen molar-refractivity contribution in [1.29, 1.82) is 0 Å². The largest absolute Gasteiger partial charge is 0.466 e. The molecule has 0 aliphatic carbocycles. The molecule has 1 N–H and O–H groups in total. The second-order valence-electron chi connectivity index (χ2n) is 5.08. The summed E-state index contributed by atoms with van der Waals surface area (Å²) < 4.78 is 5.58. The Balaban J connectivity index is 1.84. The average molecular weight is 253 g/mol. The fourth-order valence-corrected chi connectivity index (χ4v) is 3.66. The molecule has 0 radical (unpaired) electrons. The molecule has 1 aromatic heterocycles.